The van der Waals surface area contributed by atoms with Crippen molar-refractivity contribution in [2.45, 2.75) is 58.7 Å². The Balaban J connectivity index is 1.48. The number of aryl methyl sites for hydroxylation is 2. The van der Waals surface area contributed by atoms with Crippen LogP contribution < -0.4 is 10.6 Å². The normalized spacial score (nSPS) is 17.9. The number of anilines is 2. The van der Waals surface area contributed by atoms with Gasteiger partial charge in [-0.25, -0.2) is 9.78 Å². The van der Waals surface area contributed by atoms with Crippen LogP contribution in [0.4, 0.5) is 29.3 Å². The third-order valence-electron chi connectivity index (χ3n) is 7.07. The number of carbonyl (C=O) groups is 3. The molecule has 3 atom stereocenters. The minimum Gasteiger partial charge on any atom is -0.481 e. The number of carboxylic acid groups (broad SMARTS) is 1. The van der Waals surface area contributed by atoms with E-state index in [1.807, 2.05) is 0 Å². The van der Waals surface area contributed by atoms with Crippen LogP contribution in [-0.2, 0) is 20.5 Å². The molecule has 1 fully saturated rings. The van der Waals surface area contributed by atoms with E-state index in [1.165, 1.54) is 31.2 Å². The van der Waals surface area contributed by atoms with Crippen LogP contribution in [0.15, 0.2) is 40.9 Å². The van der Waals surface area contributed by atoms with E-state index in [0.717, 1.165) is 18.9 Å². The average Bonchev–Trinajstić information content (AvgIpc) is 3.28. The van der Waals surface area contributed by atoms with Crippen molar-refractivity contribution in [2.75, 3.05) is 10.6 Å². The highest BCUT2D eigenvalue weighted by molar-refractivity contribution is 5.96. The number of halogens is 3. The van der Waals surface area contributed by atoms with Gasteiger partial charge in [-0.05, 0) is 51.8 Å². The number of hydrogen-bond acceptors (Lipinski definition) is 7. The molecule has 41 heavy (non-hydrogen) atoms. The third-order valence-corrected chi connectivity index (χ3v) is 7.07. The number of benzene rings is 1. The number of alkyl halides is 3. The zero-order chi connectivity index (χ0) is 29.9. The zero-order valence-corrected chi connectivity index (χ0v) is 22.5. The molecule has 1 unspecified atom stereocenters. The van der Waals surface area contributed by atoms with Gasteiger partial charge in [-0.1, -0.05) is 36.2 Å². The molecule has 0 aliphatic heterocycles. The summed E-state index contributed by atoms with van der Waals surface area (Å²) >= 11 is 0. The van der Waals surface area contributed by atoms with E-state index in [4.69, 9.17) is 9.26 Å². The maximum atomic E-state index is 13.4. The number of hydrogen-bond donors (Lipinski definition) is 3. The number of rotatable bonds is 7. The lowest BCUT2D eigenvalue weighted by Crippen LogP contribution is -2.36. The van der Waals surface area contributed by atoms with E-state index in [2.05, 4.69) is 20.8 Å². The molecule has 13 heteroatoms. The van der Waals surface area contributed by atoms with Gasteiger partial charge in [0.25, 0.3) is 0 Å². The Hall–Kier alpha value is -4.42. The molecule has 2 amide bonds. The molecule has 3 N–H and O–H groups in total. The van der Waals surface area contributed by atoms with Gasteiger partial charge < -0.3 is 19.7 Å². The first-order valence-corrected chi connectivity index (χ1v) is 13.0. The lowest BCUT2D eigenvalue weighted by Gasteiger charge is -2.27. The monoisotopic (exact) mass is 574 g/mol. The molecule has 218 valence electrons. The number of aromatic nitrogens is 2. The highest BCUT2D eigenvalue weighted by Crippen LogP contribution is 2.37. The second kappa shape index (κ2) is 12.0. The average molecular weight is 575 g/mol. The van der Waals surface area contributed by atoms with Gasteiger partial charge in [0.1, 0.15) is 23.2 Å². The summed E-state index contributed by atoms with van der Waals surface area (Å²) in [6, 6.07) is 7.92. The lowest BCUT2D eigenvalue weighted by atomic mass is 9.78. The molecule has 0 spiro atoms. The molecule has 2 heterocycles. The van der Waals surface area contributed by atoms with E-state index in [-0.39, 0.29) is 28.4 Å². The Kier molecular flexibility index (Phi) is 8.64. The van der Waals surface area contributed by atoms with Crippen molar-refractivity contribution in [3.63, 3.8) is 0 Å². The predicted molar refractivity (Wildman–Crippen MR) is 141 cm³/mol. The topological polar surface area (TPSA) is 144 Å². The molecule has 0 radical (unpaired) electrons. The summed E-state index contributed by atoms with van der Waals surface area (Å²) in [5.41, 5.74) is 0.323. The fourth-order valence-corrected chi connectivity index (χ4v) is 4.94. The van der Waals surface area contributed by atoms with Crippen LogP contribution in [0, 0.1) is 25.7 Å². The number of nitrogens with zero attached hydrogens (tertiary/aromatic N) is 2. The van der Waals surface area contributed by atoms with Gasteiger partial charge >= 0.3 is 18.2 Å². The summed E-state index contributed by atoms with van der Waals surface area (Å²) in [6.45, 7) is 4.52. The predicted octanol–water partition coefficient (Wildman–Crippen LogP) is 6.51. The highest BCUT2D eigenvalue weighted by atomic mass is 19.4. The summed E-state index contributed by atoms with van der Waals surface area (Å²) in [5.74, 6) is -2.71. The van der Waals surface area contributed by atoms with Crippen LogP contribution in [0.2, 0.25) is 0 Å². The van der Waals surface area contributed by atoms with E-state index in [0.29, 0.717) is 24.2 Å². The van der Waals surface area contributed by atoms with Crippen molar-refractivity contribution in [1.29, 1.82) is 0 Å². The number of ether oxygens (including phenoxy) is 1. The van der Waals surface area contributed by atoms with Crippen LogP contribution in [-0.4, -0.2) is 33.2 Å². The van der Waals surface area contributed by atoms with Crippen molar-refractivity contribution in [1.82, 2.24) is 10.1 Å². The Labute approximate surface area is 233 Å². The van der Waals surface area contributed by atoms with Gasteiger partial charge in [-0.15, -0.1) is 0 Å². The SMILES string of the molecule is Cc1nc(-c2onc(C)c2NC(=O)OC(C)c2ccccc2C(F)(F)F)ccc1NC(=O)[C@H]1CCCC[C@@H]1C(=O)O. The van der Waals surface area contributed by atoms with Gasteiger partial charge in [-0.3, -0.25) is 14.9 Å². The zero-order valence-electron chi connectivity index (χ0n) is 22.5. The standard InChI is InChI=1S/C28H29F3N4O6/c1-14-21(33-25(36)18-9-4-5-10-19(18)26(37)38)12-13-22(32-14)24-23(15(2)35-41-24)34-27(39)40-16(3)17-8-6-7-11-20(17)28(29,30)31/h6-8,11-13,16,18-19H,4-5,9-10H2,1-3H3,(H,33,36)(H,34,39)(H,37,38)/t16?,18-,19-/m0/s1. The van der Waals surface area contributed by atoms with Gasteiger partial charge in [0.15, 0.2) is 0 Å². The van der Waals surface area contributed by atoms with Crippen molar-refractivity contribution in [3.8, 4) is 11.5 Å². The van der Waals surface area contributed by atoms with Crippen molar-refractivity contribution >= 4 is 29.3 Å². The molecule has 1 aliphatic rings. The summed E-state index contributed by atoms with van der Waals surface area (Å²) in [4.78, 5) is 41.6. The quantitative estimate of drug-likeness (QED) is 0.290. The van der Waals surface area contributed by atoms with Crippen molar-refractivity contribution in [2.24, 2.45) is 11.8 Å². The largest absolute Gasteiger partial charge is 0.481 e. The van der Waals surface area contributed by atoms with Gasteiger partial charge in [0, 0.05) is 5.56 Å². The Morgan fingerprint density at radius 2 is 1.71 bits per heavy atom. The fraction of sp³-hybridized carbons (Fsp3) is 0.393. The molecule has 1 aromatic carbocycles. The smallest absolute Gasteiger partial charge is 0.416 e. The minimum absolute atomic E-state index is 0.0713. The Bertz CT molecular complexity index is 1450. The van der Waals surface area contributed by atoms with E-state index < -0.39 is 47.6 Å². The maximum Gasteiger partial charge on any atom is 0.416 e. The fourth-order valence-electron chi connectivity index (χ4n) is 4.94. The van der Waals surface area contributed by atoms with Crippen LogP contribution in [0.3, 0.4) is 0 Å². The van der Waals surface area contributed by atoms with Gasteiger partial charge in [0.2, 0.25) is 11.7 Å². The second-order valence-corrected chi connectivity index (χ2v) is 9.88. The number of nitrogens with one attached hydrogen (secondary N) is 2. The number of amides is 2. The third kappa shape index (κ3) is 6.67. The van der Waals surface area contributed by atoms with Crippen LogP contribution in [0.1, 0.15) is 61.2 Å². The van der Waals surface area contributed by atoms with Gasteiger partial charge in [-0.2, -0.15) is 13.2 Å². The van der Waals surface area contributed by atoms with Crippen molar-refractivity contribution in [3.05, 3.63) is 58.9 Å². The summed E-state index contributed by atoms with van der Waals surface area (Å²) < 4.78 is 50.8. The second-order valence-electron chi connectivity index (χ2n) is 9.88. The number of aliphatic carboxylic acids is 1. The van der Waals surface area contributed by atoms with Gasteiger partial charge in [0.05, 0.1) is 28.8 Å². The molecule has 0 saturated heterocycles. The summed E-state index contributed by atoms with van der Waals surface area (Å²) in [6.07, 6.45) is -4.40. The molecule has 3 aromatic rings. The Morgan fingerprint density at radius 1 is 1.02 bits per heavy atom. The van der Waals surface area contributed by atoms with Crippen LogP contribution >= 0.6 is 0 Å². The van der Waals surface area contributed by atoms with Crippen LogP contribution in [0.5, 0.6) is 0 Å². The molecule has 1 aliphatic carbocycles. The molecule has 4 rings (SSSR count). The molecule has 2 aromatic heterocycles. The first-order chi connectivity index (χ1) is 19.4. The van der Waals surface area contributed by atoms with Crippen LogP contribution in [0.25, 0.3) is 11.5 Å². The first-order valence-electron chi connectivity index (χ1n) is 13.0. The van der Waals surface area contributed by atoms with E-state index in [9.17, 15) is 32.7 Å². The first kappa shape index (κ1) is 29.6. The number of pyridine rings is 1. The van der Waals surface area contributed by atoms with Crippen molar-refractivity contribution < 1.29 is 41.9 Å². The molecular formula is C28H29F3N4O6. The number of carboxylic acids is 1. The molecule has 1 saturated carbocycles. The maximum absolute atomic E-state index is 13.4. The highest BCUT2D eigenvalue weighted by Gasteiger charge is 2.36. The van der Waals surface area contributed by atoms with E-state index >= 15 is 0 Å². The summed E-state index contributed by atoms with van der Waals surface area (Å²) in [5, 5.41) is 18.6. The summed E-state index contributed by atoms with van der Waals surface area (Å²) in [7, 11) is 0. The van der Waals surface area contributed by atoms with E-state index in [1.54, 1.807) is 19.9 Å². The number of carbonyl (C=O) groups excluding carboxylic acids is 2. The lowest BCUT2D eigenvalue weighted by molar-refractivity contribution is -0.147. The molecular weight excluding hydrogens is 545 g/mol. The Morgan fingerprint density at radius 3 is 2.37 bits per heavy atom. The minimum atomic E-state index is -4.62. The molecule has 0 bridgehead atoms. The molecule has 10 nitrogen and oxygen atoms in total.